The molecule has 2 aromatic rings. The predicted octanol–water partition coefficient (Wildman–Crippen LogP) is 5.03. The third kappa shape index (κ3) is 3.23. The smallest absolute Gasteiger partial charge is 0.312 e. The molecule has 0 atom stereocenters. The molecule has 2 rings (SSSR count). The van der Waals surface area contributed by atoms with Gasteiger partial charge in [-0.2, -0.15) is 0 Å². The average Bonchev–Trinajstić information content (AvgIpc) is 2.37. The second-order valence-corrected chi connectivity index (χ2v) is 5.69. The molecule has 0 aliphatic heterocycles. The van der Waals surface area contributed by atoms with E-state index in [0.29, 0.717) is 0 Å². The maximum Gasteiger partial charge on any atom is 0.312 e. The second kappa shape index (κ2) is 6.00. The van der Waals surface area contributed by atoms with Crippen molar-refractivity contribution in [2.75, 3.05) is 0 Å². The molecule has 2 aromatic carbocycles. The highest BCUT2D eigenvalue weighted by Crippen LogP contribution is 2.35. The van der Waals surface area contributed by atoms with Crippen LogP contribution >= 0.6 is 38.5 Å². The maximum atomic E-state index is 13.5. The first-order chi connectivity index (χ1) is 9.38. The van der Waals surface area contributed by atoms with Gasteiger partial charge in [0.25, 0.3) is 0 Å². The van der Waals surface area contributed by atoms with E-state index in [1.54, 1.807) is 22.6 Å². The van der Waals surface area contributed by atoms with Crippen LogP contribution in [0.3, 0.4) is 0 Å². The Morgan fingerprint density at radius 2 is 1.90 bits per heavy atom. The fourth-order valence-electron chi connectivity index (χ4n) is 1.41. The molecule has 0 radical (unpaired) electrons. The number of benzene rings is 2. The van der Waals surface area contributed by atoms with E-state index < -0.39 is 16.6 Å². The molecule has 0 unspecified atom stereocenters. The Labute approximate surface area is 134 Å². The molecule has 4 nitrogen and oxygen atoms in total. The van der Waals surface area contributed by atoms with Crippen molar-refractivity contribution in [1.82, 2.24) is 0 Å². The first-order valence-electron chi connectivity index (χ1n) is 5.15. The number of nitro benzene ring substituents is 1. The summed E-state index contributed by atoms with van der Waals surface area (Å²) >= 11 is 4.61. The van der Waals surface area contributed by atoms with Crippen molar-refractivity contribution < 1.29 is 18.4 Å². The molecule has 0 heterocycles. The normalized spacial score (nSPS) is 10.4. The number of halogens is 4. The summed E-state index contributed by atoms with van der Waals surface area (Å²) in [5.41, 5.74) is -0.390. The molecular formula is C12H5BrF2INO3. The van der Waals surface area contributed by atoms with Crippen LogP contribution in [0.4, 0.5) is 14.5 Å². The van der Waals surface area contributed by atoms with E-state index >= 15 is 0 Å². The third-order valence-electron chi connectivity index (χ3n) is 2.32. The van der Waals surface area contributed by atoms with Crippen molar-refractivity contribution in [3.8, 4) is 11.5 Å². The maximum absolute atomic E-state index is 13.5. The Bertz CT molecular complexity index is 697. The minimum Gasteiger partial charge on any atom is -0.450 e. The van der Waals surface area contributed by atoms with Gasteiger partial charge in [0.05, 0.1) is 13.0 Å². The van der Waals surface area contributed by atoms with Crippen molar-refractivity contribution >= 4 is 44.2 Å². The van der Waals surface area contributed by atoms with Crippen LogP contribution in [0.25, 0.3) is 0 Å². The van der Waals surface area contributed by atoms with E-state index in [1.807, 2.05) is 0 Å². The summed E-state index contributed by atoms with van der Waals surface area (Å²) in [6, 6.07) is 5.80. The zero-order valence-corrected chi connectivity index (χ0v) is 13.3. The topological polar surface area (TPSA) is 52.4 Å². The summed E-state index contributed by atoms with van der Waals surface area (Å²) in [5, 5.41) is 10.9. The largest absolute Gasteiger partial charge is 0.450 e. The highest BCUT2D eigenvalue weighted by atomic mass is 127. The molecule has 8 heteroatoms. The van der Waals surface area contributed by atoms with E-state index in [1.165, 1.54) is 12.1 Å². The summed E-state index contributed by atoms with van der Waals surface area (Å²) in [7, 11) is 0. The minimum absolute atomic E-state index is 0.0365. The molecular weight excluding hydrogens is 451 g/mol. The Balaban J connectivity index is 2.44. The lowest BCUT2D eigenvalue weighted by molar-refractivity contribution is -0.385. The number of rotatable bonds is 3. The van der Waals surface area contributed by atoms with E-state index in [-0.39, 0.29) is 25.2 Å². The first kappa shape index (κ1) is 15.1. The van der Waals surface area contributed by atoms with Crippen molar-refractivity contribution in [2.45, 2.75) is 0 Å². The monoisotopic (exact) mass is 455 g/mol. The number of hydrogen-bond acceptors (Lipinski definition) is 3. The summed E-state index contributed by atoms with van der Waals surface area (Å²) in [4.78, 5) is 10.2. The molecule has 104 valence electrons. The molecule has 0 aliphatic carbocycles. The Morgan fingerprint density at radius 3 is 2.50 bits per heavy atom. The molecule has 0 N–H and O–H groups in total. The molecule has 0 saturated heterocycles. The number of nitrogens with zero attached hydrogens (tertiary/aromatic N) is 1. The molecule has 0 amide bonds. The molecule has 0 spiro atoms. The van der Waals surface area contributed by atoms with E-state index in [0.717, 1.165) is 18.2 Å². The van der Waals surface area contributed by atoms with Gasteiger partial charge in [-0.15, -0.1) is 0 Å². The summed E-state index contributed by atoms with van der Waals surface area (Å²) in [6.07, 6.45) is 0. The third-order valence-corrected chi connectivity index (χ3v) is 3.79. The van der Waals surface area contributed by atoms with Crippen LogP contribution in [0.1, 0.15) is 0 Å². The van der Waals surface area contributed by atoms with Gasteiger partial charge in [-0.1, -0.05) is 0 Å². The average molecular weight is 456 g/mol. The van der Waals surface area contributed by atoms with Crippen LogP contribution in [0.5, 0.6) is 11.5 Å². The van der Waals surface area contributed by atoms with Gasteiger partial charge < -0.3 is 4.74 Å². The van der Waals surface area contributed by atoms with Crippen LogP contribution in [0.15, 0.2) is 34.8 Å². The van der Waals surface area contributed by atoms with Gasteiger partial charge in [-0.3, -0.25) is 10.1 Å². The van der Waals surface area contributed by atoms with Crippen molar-refractivity contribution in [3.05, 3.63) is 60.1 Å². The van der Waals surface area contributed by atoms with Crippen molar-refractivity contribution in [2.24, 2.45) is 0 Å². The van der Waals surface area contributed by atoms with Crippen LogP contribution in [0.2, 0.25) is 0 Å². The summed E-state index contributed by atoms with van der Waals surface area (Å²) < 4.78 is 32.4. The fourth-order valence-corrected chi connectivity index (χ4v) is 2.11. The van der Waals surface area contributed by atoms with Crippen LogP contribution in [-0.4, -0.2) is 4.92 Å². The molecule has 20 heavy (non-hydrogen) atoms. The summed E-state index contributed by atoms with van der Waals surface area (Å²) in [6.45, 7) is 0. The van der Waals surface area contributed by atoms with Gasteiger partial charge >= 0.3 is 5.69 Å². The van der Waals surface area contributed by atoms with Crippen LogP contribution in [-0.2, 0) is 0 Å². The van der Waals surface area contributed by atoms with Gasteiger partial charge in [-0.05, 0) is 50.7 Å². The molecule has 0 aliphatic rings. The molecule has 0 fully saturated rings. The SMILES string of the molecule is O=[N+]([O-])c1cc(I)c(F)cc1Oc1ccc(Br)c(F)c1. The number of hydrogen-bond donors (Lipinski definition) is 0. The Kier molecular flexibility index (Phi) is 4.53. The first-order valence-corrected chi connectivity index (χ1v) is 7.02. The standard InChI is InChI=1S/C12H5BrF2INO3/c13-7-2-1-6(3-8(7)14)20-12-4-9(15)10(16)5-11(12)17(18)19/h1-5H. The van der Waals surface area contributed by atoms with Gasteiger partial charge in [0.15, 0.2) is 0 Å². The van der Waals surface area contributed by atoms with E-state index in [9.17, 15) is 18.9 Å². The predicted molar refractivity (Wildman–Crippen MR) is 79.9 cm³/mol. The Morgan fingerprint density at radius 1 is 1.20 bits per heavy atom. The highest BCUT2D eigenvalue weighted by Gasteiger charge is 2.19. The molecule has 0 saturated carbocycles. The Hall–Kier alpha value is -1.29. The zero-order valence-electron chi connectivity index (χ0n) is 9.57. The van der Waals surface area contributed by atoms with E-state index in [4.69, 9.17) is 4.74 Å². The minimum atomic E-state index is -0.688. The lowest BCUT2D eigenvalue weighted by atomic mass is 10.3. The van der Waals surface area contributed by atoms with Gasteiger partial charge in [-0.25, -0.2) is 8.78 Å². The van der Waals surface area contributed by atoms with Crippen LogP contribution < -0.4 is 4.74 Å². The van der Waals surface area contributed by atoms with Crippen molar-refractivity contribution in [1.29, 1.82) is 0 Å². The second-order valence-electron chi connectivity index (χ2n) is 3.67. The van der Waals surface area contributed by atoms with Gasteiger partial charge in [0.2, 0.25) is 5.75 Å². The number of ether oxygens (including phenoxy) is 1. The van der Waals surface area contributed by atoms with E-state index in [2.05, 4.69) is 15.9 Å². The lowest BCUT2D eigenvalue weighted by Gasteiger charge is -2.08. The molecule has 0 aromatic heterocycles. The van der Waals surface area contributed by atoms with Gasteiger partial charge in [0, 0.05) is 18.2 Å². The quantitative estimate of drug-likeness (QED) is 0.370. The number of nitro groups is 1. The lowest BCUT2D eigenvalue weighted by Crippen LogP contribution is -1.96. The van der Waals surface area contributed by atoms with Crippen molar-refractivity contribution in [3.63, 3.8) is 0 Å². The fraction of sp³-hybridized carbons (Fsp3) is 0. The van der Waals surface area contributed by atoms with Crippen LogP contribution in [0, 0.1) is 25.3 Å². The van der Waals surface area contributed by atoms with Gasteiger partial charge in [0.1, 0.15) is 17.4 Å². The zero-order chi connectivity index (χ0) is 14.9. The highest BCUT2D eigenvalue weighted by molar-refractivity contribution is 14.1. The summed E-state index contributed by atoms with van der Waals surface area (Å²) in [5.74, 6) is -1.48. The molecule has 0 bridgehead atoms.